The van der Waals surface area contributed by atoms with Crippen LogP contribution in [0.25, 0.3) is 11.3 Å². The summed E-state index contributed by atoms with van der Waals surface area (Å²) in [6.45, 7) is 1.54. The predicted molar refractivity (Wildman–Crippen MR) is 95.1 cm³/mol. The van der Waals surface area contributed by atoms with E-state index < -0.39 is 0 Å². The smallest absolute Gasteiger partial charge is 0.229 e. The molecule has 1 aromatic heterocycles. The minimum Gasteiger partial charge on any atom is -0.302 e. The first-order valence-electron chi connectivity index (χ1n) is 8.50. The number of hydrogen-bond acceptors (Lipinski definition) is 4. The first-order chi connectivity index (χ1) is 11.6. The zero-order valence-corrected chi connectivity index (χ0v) is 14.4. The molecule has 1 N–H and O–H groups in total. The van der Waals surface area contributed by atoms with Crippen molar-refractivity contribution in [3.8, 4) is 11.3 Å². The summed E-state index contributed by atoms with van der Waals surface area (Å²) in [6.07, 6.45) is 4.66. The maximum Gasteiger partial charge on any atom is 0.229 e. The molecule has 2 aliphatic rings. The molecule has 4 nitrogen and oxygen atoms in total. The van der Waals surface area contributed by atoms with Gasteiger partial charge < -0.3 is 5.32 Å². The average molecular weight is 340 g/mol. The van der Waals surface area contributed by atoms with E-state index in [1.54, 1.807) is 6.92 Å². The second-order valence-corrected chi connectivity index (χ2v) is 7.89. The van der Waals surface area contributed by atoms with Crippen LogP contribution >= 0.6 is 11.3 Å². The van der Waals surface area contributed by atoms with Crippen LogP contribution in [0, 0.1) is 17.8 Å². The van der Waals surface area contributed by atoms with Crippen molar-refractivity contribution in [2.75, 3.05) is 5.32 Å². The molecule has 5 heteroatoms. The van der Waals surface area contributed by atoms with Crippen LogP contribution in [-0.2, 0) is 4.79 Å². The molecule has 3 atom stereocenters. The number of nitrogens with zero attached hydrogens (tertiary/aromatic N) is 1. The van der Waals surface area contributed by atoms with Crippen LogP contribution in [-0.4, -0.2) is 16.7 Å². The molecule has 4 rings (SSSR count). The van der Waals surface area contributed by atoms with Gasteiger partial charge in [-0.15, -0.1) is 0 Å². The van der Waals surface area contributed by atoms with Crippen molar-refractivity contribution in [2.24, 2.45) is 17.8 Å². The average Bonchev–Trinajstić information content (AvgIpc) is 3.30. The second-order valence-electron chi connectivity index (χ2n) is 6.89. The molecular formula is C19H20N2O2S. The van der Waals surface area contributed by atoms with Crippen LogP contribution in [0.3, 0.4) is 0 Å². The van der Waals surface area contributed by atoms with Gasteiger partial charge in [-0.2, -0.15) is 0 Å². The number of anilines is 1. The third-order valence-electron chi connectivity index (χ3n) is 5.30. The molecule has 124 valence electrons. The monoisotopic (exact) mass is 340 g/mol. The normalized spacial score (nSPS) is 25.0. The van der Waals surface area contributed by atoms with Gasteiger partial charge in [0.2, 0.25) is 5.91 Å². The van der Waals surface area contributed by atoms with Crippen molar-refractivity contribution in [1.82, 2.24) is 4.98 Å². The molecule has 24 heavy (non-hydrogen) atoms. The molecule has 0 spiro atoms. The van der Waals surface area contributed by atoms with Gasteiger partial charge in [-0.25, -0.2) is 4.98 Å². The number of nitrogens with one attached hydrogen (secondary N) is 1. The highest BCUT2D eigenvalue weighted by Crippen LogP contribution is 2.48. The molecule has 2 saturated carbocycles. The zero-order valence-electron chi connectivity index (χ0n) is 13.6. The Hall–Kier alpha value is -2.01. The quantitative estimate of drug-likeness (QED) is 0.840. The summed E-state index contributed by atoms with van der Waals surface area (Å²) in [6, 6.07) is 9.64. The highest BCUT2D eigenvalue weighted by molar-refractivity contribution is 7.18. The van der Waals surface area contributed by atoms with E-state index in [0.29, 0.717) is 21.6 Å². The van der Waals surface area contributed by atoms with Gasteiger partial charge in [0, 0.05) is 18.4 Å². The molecule has 2 aliphatic carbocycles. The molecule has 0 saturated heterocycles. The Balaban J connectivity index is 1.58. The number of ketones is 1. The lowest BCUT2D eigenvalue weighted by Crippen LogP contribution is -2.27. The van der Waals surface area contributed by atoms with E-state index in [9.17, 15) is 9.59 Å². The lowest BCUT2D eigenvalue weighted by Gasteiger charge is -2.19. The van der Waals surface area contributed by atoms with Crippen LogP contribution < -0.4 is 5.32 Å². The van der Waals surface area contributed by atoms with Crippen LogP contribution in [0.2, 0.25) is 0 Å². The van der Waals surface area contributed by atoms with Gasteiger partial charge in [0.25, 0.3) is 0 Å². The summed E-state index contributed by atoms with van der Waals surface area (Å²) in [5, 5.41) is 3.50. The minimum atomic E-state index is -0.0215. The number of amides is 1. The Bertz CT molecular complexity index is 784. The van der Waals surface area contributed by atoms with Crippen LogP contribution in [0.4, 0.5) is 5.13 Å². The number of Topliss-reactive ketones (excluding diaryl/α,β-unsaturated/α-hetero) is 1. The molecule has 0 radical (unpaired) electrons. The summed E-state index contributed by atoms with van der Waals surface area (Å²) in [7, 11) is 0. The van der Waals surface area contributed by atoms with Crippen LogP contribution in [0.5, 0.6) is 0 Å². The van der Waals surface area contributed by atoms with Gasteiger partial charge in [-0.1, -0.05) is 48.1 Å². The Labute approximate surface area is 145 Å². The third kappa shape index (κ3) is 2.77. The summed E-state index contributed by atoms with van der Waals surface area (Å²) in [5.41, 5.74) is 1.57. The summed E-state index contributed by atoms with van der Waals surface area (Å²) >= 11 is 1.28. The fourth-order valence-electron chi connectivity index (χ4n) is 4.17. The van der Waals surface area contributed by atoms with E-state index in [1.807, 2.05) is 30.3 Å². The van der Waals surface area contributed by atoms with E-state index in [-0.39, 0.29) is 17.6 Å². The maximum absolute atomic E-state index is 12.6. The molecule has 1 aromatic carbocycles. The van der Waals surface area contributed by atoms with Crippen molar-refractivity contribution in [3.63, 3.8) is 0 Å². The Morgan fingerprint density at radius 1 is 1.17 bits per heavy atom. The topological polar surface area (TPSA) is 59.1 Å². The lowest BCUT2D eigenvalue weighted by atomic mass is 9.88. The maximum atomic E-state index is 12.6. The first kappa shape index (κ1) is 15.5. The Morgan fingerprint density at radius 2 is 1.96 bits per heavy atom. The van der Waals surface area contributed by atoms with E-state index in [0.717, 1.165) is 17.9 Å². The largest absolute Gasteiger partial charge is 0.302 e. The van der Waals surface area contributed by atoms with E-state index >= 15 is 0 Å². The lowest BCUT2D eigenvalue weighted by molar-refractivity contribution is -0.121. The molecule has 3 unspecified atom stereocenters. The van der Waals surface area contributed by atoms with Crippen molar-refractivity contribution in [2.45, 2.75) is 32.6 Å². The van der Waals surface area contributed by atoms with E-state index in [1.165, 1.54) is 30.6 Å². The van der Waals surface area contributed by atoms with Crippen LogP contribution in [0.15, 0.2) is 30.3 Å². The standard InChI is InChI=1S/C19H20N2O2S/c1-11(22)17-16(13-5-3-2-4-6-13)20-19(24-17)21-18(23)15-10-12-7-8-14(15)9-12/h2-6,12,14-15H,7-10H2,1H3,(H,20,21,23). The van der Waals surface area contributed by atoms with Crippen molar-refractivity contribution < 1.29 is 9.59 Å². The van der Waals surface area contributed by atoms with Crippen molar-refractivity contribution >= 4 is 28.2 Å². The van der Waals surface area contributed by atoms with E-state index in [2.05, 4.69) is 10.3 Å². The second kappa shape index (κ2) is 6.13. The van der Waals surface area contributed by atoms with Crippen molar-refractivity contribution in [1.29, 1.82) is 0 Å². The van der Waals surface area contributed by atoms with E-state index in [4.69, 9.17) is 0 Å². The van der Waals surface area contributed by atoms with Gasteiger partial charge in [0.1, 0.15) is 0 Å². The molecular weight excluding hydrogens is 320 g/mol. The third-order valence-corrected chi connectivity index (χ3v) is 6.37. The molecule has 2 bridgehead atoms. The van der Waals surface area contributed by atoms with Gasteiger partial charge in [-0.05, 0) is 31.1 Å². The number of thiazole rings is 1. The summed E-state index contributed by atoms with van der Waals surface area (Å²) in [4.78, 5) is 29.7. The van der Waals surface area contributed by atoms with Crippen molar-refractivity contribution in [3.05, 3.63) is 35.2 Å². The number of rotatable bonds is 4. The minimum absolute atomic E-state index is 0.0215. The number of carbonyl (C=O) groups excluding carboxylic acids is 2. The highest BCUT2D eigenvalue weighted by Gasteiger charge is 2.43. The van der Waals surface area contributed by atoms with Gasteiger partial charge in [0.05, 0.1) is 10.6 Å². The molecule has 1 heterocycles. The number of carbonyl (C=O) groups is 2. The number of aromatic nitrogens is 1. The fraction of sp³-hybridized carbons (Fsp3) is 0.421. The zero-order chi connectivity index (χ0) is 16.7. The molecule has 2 fully saturated rings. The Kier molecular flexibility index (Phi) is 3.96. The van der Waals surface area contributed by atoms with Gasteiger partial charge in [0.15, 0.2) is 10.9 Å². The number of benzene rings is 1. The summed E-state index contributed by atoms with van der Waals surface area (Å²) < 4.78 is 0. The predicted octanol–water partition coefficient (Wildman–Crippen LogP) is 4.39. The molecule has 0 aliphatic heterocycles. The first-order valence-corrected chi connectivity index (χ1v) is 9.31. The molecule has 1 amide bonds. The number of fused-ring (bicyclic) bond motifs is 2. The number of hydrogen-bond donors (Lipinski definition) is 1. The Morgan fingerprint density at radius 3 is 2.58 bits per heavy atom. The van der Waals surface area contributed by atoms with Gasteiger partial charge >= 0.3 is 0 Å². The summed E-state index contributed by atoms with van der Waals surface area (Å²) in [5.74, 6) is 1.44. The van der Waals surface area contributed by atoms with Crippen LogP contribution in [0.1, 0.15) is 42.3 Å². The van der Waals surface area contributed by atoms with Gasteiger partial charge in [-0.3, -0.25) is 9.59 Å². The SMILES string of the molecule is CC(=O)c1sc(NC(=O)C2CC3CCC2C3)nc1-c1ccccc1. The highest BCUT2D eigenvalue weighted by atomic mass is 32.1. The fourth-order valence-corrected chi connectivity index (χ4v) is 5.05. The molecule has 2 aromatic rings.